The summed E-state index contributed by atoms with van der Waals surface area (Å²) in [5.41, 5.74) is 1.40. The van der Waals surface area contributed by atoms with Gasteiger partial charge in [0.15, 0.2) is 5.96 Å². The summed E-state index contributed by atoms with van der Waals surface area (Å²) >= 11 is 1.82. The van der Waals surface area contributed by atoms with Crippen LogP contribution in [0.1, 0.15) is 5.56 Å². The molecule has 0 atom stereocenters. The lowest BCUT2D eigenvalue weighted by Crippen LogP contribution is -2.35. The van der Waals surface area contributed by atoms with Crippen molar-refractivity contribution in [1.29, 1.82) is 0 Å². The largest absolute Gasteiger partial charge is 0.349 e. The normalized spacial score (nSPS) is 10.5. The number of hydrogen-bond acceptors (Lipinski definition) is 2. The van der Waals surface area contributed by atoms with Crippen molar-refractivity contribution < 1.29 is 0 Å². The van der Waals surface area contributed by atoms with E-state index in [1.807, 2.05) is 49.3 Å². The molecule has 0 aliphatic carbocycles. The Balaban J connectivity index is 2.08. The van der Waals surface area contributed by atoms with E-state index in [4.69, 9.17) is 0 Å². The van der Waals surface area contributed by atoms with Gasteiger partial charge in [0.1, 0.15) is 0 Å². The molecule has 102 valence electrons. The summed E-state index contributed by atoms with van der Waals surface area (Å²) < 4.78 is 1.36. The molecule has 1 aromatic heterocycles. The maximum Gasteiger partial charge on any atom is 0.195 e. The van der Waals surface area contributed by atoms with Crippen LogP contribution in [0.2, 0.25) is 0 Å². The van der Waals surface area contributed by atoms with Crippen molar-refractivity contribution >= 4 is 27.4 Å². The first-order valence-corrected chi connectivity index (χ1v) is 7.31. The summed E-state index contributed by atoms with van der Waals surface area (Å²) in [4.78, 5) is 8.77. The molecule has 4 heteroatoms. The van der Waals surface area contributed by atoms with Gasteiger partial charge in [0, 0.05) is 39.4 Å². The molecule has 0 fully saturated rings. The van der Waals surface area contributed by atoms with Crippen molar-refractivity contribution in [2.45, 2.75) is 6.42 Å². The average Bonchev–Trinajstić information content (AvgIpc) is 2.77. The molecule has 0 radical (unpaired) electrons. The molecule has 0 unspecified atom stereocenters. The molecule has 0 saturated carbocycles. The van der Waals surface area contributed by atoms with Gasteiger partial charge in [-0.15, -0.1) is 11.3 Å². The van der Waals surface area contributed by atoms with Crippen molar-refractivity contribution in [3.8, 4) is 0 Å². The Kier molecular flexibility index (Phi) is 4.43. The molecule has 0 bridgehead atoms. The van der Waals surface area contributed by atoms with E-state index in [1.54, 1.807) is 0 Å². The molecular formula is C15H21N3S. The first-order chi connectivity index (χ1) is 9.09. The van der Waals surface area contributed by atoms with Crippen molar-refractivity contribution in [3.63, 3.8) is 0 Å². The molecule has 2 aromatic rings. The SMILES string of the molecule is CN(C)C(=NCCc1csc2ccccc12)N(C)C. The van der Waals surface area contributed by atoms with Crippen LogP contribution < -0.4 is 0 Å². The van der Waals surface area contributed by atoms with E-state index in [-0.39, 0.29) is 0 Å². The number of thiophene rings is 1. The maximum absolute atomic E-state index is 4.68. The van der Waals surface area contributed by atoms with Crippen LogP contribution in [0.15, 0.2) is 34.6 Å². The third-order valence-corrected chi connectivity index (χ3v) is 4.01. The summed E-state index contributed by atoms with van der Waals surface area (Å²) in [5, 5.41) is 3.63. The number of rotatable bonds is 3. The first-order valence-electron chi connectivity index (χ1n) is 6.44. The topological polar surface area (TPSA) is 18.8 Å². The lowest BCUT2D eigenvalue weighted by atomic mass is 10.1. The second-order valence-electron chi connectivity index (χ2n) is 4.98. The number of hydrogen-bond donors (Lipinski definition) is 0. The van der Waals surface area contributed by atoms with Gasteiger partial charge in [-0.2, -0.15) is 0 Å². The molecule has 0 N–H and O–H groups in total. The number of aliphatic imine (C=N–C) groups is 1. The molecule has 1 heterocycles. The second kappa shape index (κ2) is 6.06. The molecule has 0 aliphatic heterocycles. The number of benzene rings is 1. The number of nitrogens with zero attached hydrogens (tertiary/aromatic N) is 3. The van der Waals surface area contributed by atoms with Crippen molar-refractivity contribution in [2.75, 3.05) is 34.7 Å². The van der Waals surface area contributed by atoms with Crippen LogP contribution in [0, 0.1) is 0 Å². The van der Waals surface area contributed by atoms with Gasteiger partial charge >= 0.3 is 0 Å². The highest BCUT2D eigenvalue weighted by Crippen LogP contribution is 2.25. The fraction of sp³-hybridized carbons (Fsp3) is 0.400. The molecule has 0 spiro atoms. The van der Waals surface area contributed by atoms with E-state index < -0.39 is 0 Å². The Morgan fingerprint density at radius 1 is 1.11 bits per heavy atom. The van der Waals surface area contributed by atoms with Gasteiger partial charge in [-0.3, -0.25) is 4.99 Å². The Bertz CT molecular complexity index is 560. The highest BCUT2D eigenvalue weighted by Gasteiger charge is 2.05. The predicted molar refractivity (Wildman–Crippen MR) is 85.2 cm³/mol. The smallest absolute Gasteiger partial charge is 0.195 e. The lowest BCUT2D eigenvalue weighted by molar-refractivity contribution is 0.479. The van der Waals surface area contributed by atoms with Gasteiger partial charge in [-0.1, -0.05) is 18.2 Å². The molecule has 2 rings (SSSR count). The predicted octanol–water partition coefficient (Wildman–Crippen LogP) is 2.92. The standard InChI is InChI=1S/C15H21N3S/c1-17(2)15(18(3)4)16-10-9-12-11-19-14-8-6-5-7-13(12)14/h5-8,11H,9-10H2,1-4H3. The maximum atomic E-state index is 4.68. The minimum Gasteiger partial charge on any atom is -0.349 e. The van der Waals surface area contributed by atoms with Crippen LogP contribution in [-0.4, -0.2) is 50.5 Å². The molecule has 0 aliphatic rings. The van der Waals surface area contributed by atoms with Crippen LogP contribution in [0.3, 0.4) is 0 Å². The Hall–Kier alpha value is -1.55. The zero-order chi connectivity index (χ0) is 13.8. The quantitative estimate of drug-likeness (QED) is 0.633. The van der Waals surface area contributed by atoms with Crippen LogP contribution >= 0.6 is 11.3 Å². The van der Waals surface area contributed by atoms with Crippen LogP contribution in [0.5, 0.6) is 0 Å². The van der Waals surface area contributed by atoms with Gasteiger partial charge in [0.25, 0.3) is 0 Å². The summed E-state index contributed by atoms with van der Waals surface area (Å²) in [5.74, 6) is 1.01. The van der Waals surface area contributed by atoms with Crippen LogP contribution in [0.25, 0.3) is 10.1 Å². The summed E-state index contributed by atoms with van der Waals surface area (Å²) in [6, 6.07) is 8.57. The molecule has 3 nitrogen and oxygen atoms in total. The van der Waals surface area contributed by atoms with Crippen molar-refractivity contribution in [3.05, 3.63) is 35.2 Å². The Morgan fingerprint density at radius 2 is 1.79 bits per heavy atom. The average molecular weight is 275 g/mol. The number of fused-ring (bicyclic) bond motifs is 1. The third kappa shape index (κ3) is 3.26. The monoisotopic (exact) mass is 275 g/mol. The van der Waals surface area contributed by atoms with Crippen molar-refractivity contribution in [1.82, 2.24) is 9.80 Å². The molecule has 0 amide bonds. The van der Waals surface area contributed by atoms with E-state index in [0.29, 0.717) is 0 Å². The van der Waals surface area contributed by atoms with Gasteiger partial charge < -0.3 is 9.80 Å². The highest BCUT2D eigenvalue weighted by molar-refractivity contribution is 7.17. The van der Waals surface area contributed by atoms with E-state index in [1.165, 1.54) is 15.6 Å². The van der Waals surface area contributed by atoms with Crippen molar-refractivity contribution in [2.24, 2.45) is 4.99 Å². The minimum atomic E-state index is 0.826. The molecule has 0 saturated heterocycles. The van der Waals surface area contributed by atoms with Gasteiger partial charge in [0.05, 0.1) is 0 Å². The fourth-order valence-electron chi connectivity index (χ4n) is 2.19. The van der Waals surface area contributed by atoms with Gasteiger partial charge in [-0.25, -0.2) is 0 Å². The second-order valence-corrected chi connectivity index (χ2v) is 5.89. The van der Waals surface area contributed by atoms with E-state index >= 15 is 0 Å². The Morgan fingerprint density at radius 3 is 2.47 bits per heavy atom. The zero-order valence-corrected chi connectivity index (χ0v) is 12.9. The summed E-state index contributed by atoms with van der Waals surface area (Å²) in [7, 11) is 8.11. The Labute approximate surface area is 119 Å². The summed E-state index contributed by atoms with van der Waals surface area (Å²) in [6.07, 6.45) is 0.995. The third-order valence-electron chi connectivity index (χ3n) is 3.00. The van der Waals surface area contributed by atoms with Gasteiger partial charge in [0.2, 0.25) is 0 Å². The minimum absolute atomic E-state index is 0.826. The highest BCUT2D eigenvalue weighted by atomic mass is 32.1. The lowest BCUT2D eigenvalue weighted by Gasteiger charge is -2.22. The van der Waals surface area contributed by atoms with Crippen LogP contribution in [0.4, 0.5) is 0 Å². The first kappa shape index (κ1) is 13.9. The van der Waals surface area contributed by atoms with Gasteiger partial charge in [-0.05, 0) is 28.8 Å². The van der Waals surface area contributed by atoms with E-state index in [0.717, 1.165) is 18.9 Å². The van der Waals surface area contributed by atoms with E-state index in [2.05, 4.69) is 34.6 Å². The molecular weight excluding hydrogens is 254 g/mol. The molecule has 1 aromatic carbocycles. The fourth-order valence-corrected chi connectivity index (χ4v) is 3.18. The summed E-state index contributed by atoms with van der Waals surface area (Å²) in [6.45, 7) is 0.826. The van der Waals surface area contributed by atoms with E-state index in [9.17, 15) is 0 Å². The molecule has 19 heavy (non-hydrogen) atoms. The van der Waals surface area contributed by atoms with Crippen LogP contribution in [-0.2, 0) is 6.42 Å². The number of guanidine groups is 1. The zero-order valence-electron chi connectivity index (χ0n) is 12.1.